The Bertz CT molecular complexity index is 791. The van der Waals surface area contributed by atoms with Crippen molar-refractivity contribution in [2.75, 3.05) is 12.5 Å². The standard InChI is InChI=1S/C13H17ClF3N3O4S/c1-4-23-11-8(10(13(15,16)17)18-20(11)3)6-25(21,22)9-5-12(2,7-14)24-19-9/h4-7H2,1-3H3. The van der Waals surface area contributed by atoms with Crippen LogP contribution in [0.25, 0.3) is 0 Å². The van der Waals surface area contributed by atoms with Crippen LogP contribution >= 0.6 is 11.6 Å². The first kappa shape index (κ1) is 19.8. The van der Waals surface area contributed by atoms with E-state index >= 15 is 0 Å². The zero-order valence-corrected chi connectivity index (χ0v) is 15.3. The Morgan fingerprint density at radius 3 is 2.56 bits per heavy atom. The first-order chi connectivity index (χ1) is 11.4. The second kappa shape index (κ2) is 6.67. The van der Waals surface area contributed by atoms with Crippen molar-refractivity contribution in [3.63, 3.8) is 0 Å². The lowest BCUT2D eigenvalue weighted by atomic mass is 10.1. The summed E-state index contributed by atoms with van der Waals surface area (Å²) in [6, 6.07) is 0. The minimum absolute atomic E-state index is 0.0135. The van der Waals surface area contributed by atoms with Crippen molar-refractivity contribution in [2.24, 2.45) is 12.2 Å². The topological polar surface area (TPSA) is 82.8 Å². The second-order valence-corrected chi connectivity index (χ2v) is 8.04. The number of alkyl halides is 4. The Balaban J connectivity index is 2.42. The highest BCUT2D eigenvalue weighted by Crippen LogP contribution is 2.37. The van der Waals surface area contributed by atoms with Crippen molar-refractivity contribution in [2.45, 2.75) is 37.8 Å². The molecule has 0 amide bonds. The number of rotatable bonds is 5. The lowest BCUT2D eigenvalue weighted by molar-refractivity contribution is -0.141. The van der Waals surface area contributed by atoms with E-state index in [1.807, 2.05) is 0 Å². The van der Waals surface area contributed by atoms with Gasteiger partial charge in [0, 0.05) is 13.5 Å². The van der Waals surface area contributed by atoms with E-state index in [4.69, 9.17) is 21.2 Å². The molecule has 0 aliphatic carbocycles. The van der Waals surface area contributed by atoms with Crippen LogP contribution in [0.15, 0.2) is 5.16 Å². The molecule has 0 bridgehead atoms. The highest BCUT2D eigenvalue weighted by atomic mass is 35.5. The number of aryl methyl sites for hydroxylation is 1. The summed E-state index contributed by atoms with van der Waals surface area (Å²) in [7, 11) is -2.92. The number of sulfone groups is 1. The molecular weight excluding hydrogens is 387 g/mol. The number of nitrogens with zero attached hydrogens (tertiary/aromatic N) is 3. The summed E-state index contributed by atoms with van der Waals surface area (Å²) in [5, 5.41) is 6.51. The van der Waals surface area contributed by atoms with Gasteiger partial charge in [0.1, 0.15) is 0 Å². The van der Waals surface area contributed by atoms with Crippen LogP contribution in [-0.4, -0.2) is 41.3 Å². The van der Waals surface area contributed by atoms with Crippen LogP contribution in [0.1, 0.15) is 31.5 Å². The predicted octanol–water partition coefficient (Wildman–Crippen LogP) is 2.48. The van der Waals surface area contributed by atoms with E-state index in [1.165, 1.54) is 7.05 Å². The minimum Gasteiger partial charge on any atom is -0.478 e. The Morgan fingerprint density at radius 2 is 2.08 bits per heavy atom. The Kier molecular flexibility index (Phi) is 5.29. The number of hydrogen-bond acceptors (Lipinski definition) is 6. The van der Waals surface area contributed by atoms with Crippen molar-refractivity contribution in [1.29, 1.82) is 0 Å². The molecule has 0 fully saturated rings. The van der Waals surface area contributed by atoms with Crippen molar-refractivity contribution in [3.05, 3.63) is 11.3 Å². The van der Waals surface area contributed by atoms with E-state index in [2.05, 4.69) is 10.3 Å². The number of hydrogen-bond donors (Lipinski definition) is 0. The molecule has 1 aromatic rings. The van der Waals surface area contributed by atoms with Gasteiger partial charge in [-0.05, 0) is 13.8 Å². The fourth-order valence-corrected chi connectivity index (χ4v) is 3.91. The van der Waals surface area contributed by atoms with Gasteiger partial charge in [0.25, 0.3) is 0 Å². The van der Waals surface area contributed by atoms with Gasteiger partial charge in [-0.2, -0.15) is 18.3 Å². The van der Waals surface area contributed by atoms with Crippen molar-refractivity contribution in [3.8, 4) is 5.88 Å². The van der Waals surface area contributed by atoms with Crippen LogP contribution in [0.2, 0.25) is 0 Å². The monoisotopic (exact) mass is 403 g/mol. The minimum atomic E-state index is -4.82. The maximum atomic E-state index is 13.2. The third kappa shape index (κ3) is 4.02. The molecule has 12 heteroatoms. The average Bonchev–Trinajstić information content (AvgIpc) is 3.03. The molecule has 25 heavy (non-hydrogen) atoms. The van der Waals surface area contributed by atoms with Crippen LogP contribution in [0.4, 0.5) is 13.2 Å². The van der Waals surface area contributed by atoms with E-state index < -0.39 is 38.6 Å². The summed E-state index contributed by atoms with van der Waals surface area (Å²) in [5.41, 5.74) is -2.87. The van der Waals surface area contributed by atoms with Gasteiger partial charge in [0.2, 0.25) is 5.88 Å². The Hall–Kier alpha value is -1.49. The number of halogens is 4. The van der Waals surface area contributed by atoms with Crippen molar-refractivity contribution in [1.82, 2.24) is 9.78 Å². The summed E-state index contributed by atoms with van der Waals surface area (Å²) in [5.74, 6) is -1.22. The molecule has 0 saturated carbocycles. The molecule has 142 valence electrons. The maximum absolute atomic E-state index is 13.2. The van der Waals surface area contributed by atoms with Gasteiger partial charge in [0.15, 0.2) is 26.2 Å². The van der Waals surface area contributed by atoms with Crippen LogP contribution in [0, 0.1) is 0 Å². The Morgan fingerprint density at radius 1 is 1.44 bits per heavy atom. The van der Waals surface area contributed by atoms with Crippen LogP contribution in [0.5, 0.6) is 5.88 Å². The summed E-state index contributed by atoms with van der Waals surface area (Å²) >= 11 is 5.70. The normalized spacial score (nSPS) is 21.2. The predicted molar refractivity (Wildman–Crippen MR) is 84.3 cm³/mol. The first-order valence-electron chi connectivity index (χ1n) is 7.23. The largest absolute Gasteiger partial charge is 0.478 e. The zero-order chi connectivity index (χ0) is 19.0. The van der Waals surface area contributed by atoms with Gasteiger partial charge in [-0.3, -0.25) is 0 Å². The molecule has 0 radical (unpaired) electrons. The van der Waals surface area contributed by atoms with E-state index in [1.54, 1.807) is 13.8 Å². The van der Waals surface area contributed by atoms with Gasteiger partial charge in [0.05, 0.1) is 23.8 Å². The smallest absolute Gasteiger partial charge is 0.435 e. The van der Waals surface area contributed by atoms with Crippen molar-refractivity contribution < 1.29 is 31.2 Å². The SMILES string of the molecule is CCOc1c(CS(=O)(=O)C2=NOC(C)(CCl)C2)c(C(F)(F)F)nn1C. The highest BCUT2D eigenvalue weighted by molar-refractivity contribution is 8.05. The summed E-state index contributed by atoms with van der Waals surface area (Å²) in [6.45, 7) is 3.18. The fraction of sp³-hybridized carbons (Fsp3) is 0.692. The summed E-state index contributed by atoms with van der Waals surface area (Å²) in [6.07, 6.45) is -4.94. The van der Waals surface area contributed by atoms with Crippen LogP contribution in [-0.2, 0) is 33.7 Å². The molecule has 2 heterocycles. The molecule has 7 nitrogen and oxygen atoms in total. The first-order valence-corrected chi connectivity index (χ1v) is 9.42. The molecule has 0 saturated heterocycles. The van der Waals surface area contributed by atoms with E-state index in [-0.39, 0.29) is 29.8 Å². The van der Waals surface area contributed by atoms with Gasteiger partial charge >= 0.3 is 6.18 Å². The molecule has 0 N–H and O–H groups in total. The fourth-order valence-electron chi connectivity index (χ4n) is 2.28. The molecule has 0 spiro atoms. The lowest BCUT2D eigenvalue weighted by Gasteiger charge is -2.16. The lowest BCUT2D eigenvalue weighted by Crippen LogP contribution is -2.29. The van der Waals surface area contributed by atoms with E-state index in [0.717, 1.165) is 4.68 Å². The summed E-state index contributed by atoms with van der Waals surface area (Å²) < 4.78 is 70.7. The van der Waals surface area contributed by atoms with Gasteiger partial charge < -0.3 is 9.57 Å². The van der Waals surface area contributed by atoms with E-state index in [0.29, 0.717) is 0 Å². The zero-order valence-electron chi connectivity index (χ0n) is 13.7. The summed E-state index contributed by atoms with van der Waals surface area (Å²) in [4.78, 5) is 5.01. The average molecular weight is 404 g/mol. The van der Waals surface area contributed by atoms with Crippen LogP contribution < -0.4 is 4.74 Å². The molecule has 2 rings (SSSR count). The van der Waals surface area contributed by atoms with Crippen LogP contribution in [0.3, 0.4) is 0 Å². The molecule has 1 aliphatic rings. The quantitative estimate of drug-likeness (QED) is 0.705. The molecule has 1 aromatic heterocycles. The second-order valence-electron chi connectivity index (χ2n) is 5.78. The Labute approximate surface area is 147 Å². The highest BCUT2D eigenvalue weighted by Gasteiger charge is 2.44. The number of aromatic nitrogens is 2. The van der Waals surface area contributed by atoms with E-state index in [9.17, 15) is 21.6 Å². The molecular formula is C13H17ClF3N3O4S. The molecule has 1 aliphatic heterocycles. The number of oxime groups is 1. The van der Waals surface area contributed by atoms with Gasteiger partial charge in [-0.1, -0.05) is 5.16 Å². The molecule has 1 unspecified atom stereocenters. The third-order valence-corrected chi connectivity index (χ3v) is 5.68. The van der Waals surface area contributed by atoms with Crippen molar-refractivity contribution >= 4 is 26.5 Å². The number of ether oxygens (including phenoxy) is 1. The van der Waals surface area contributed by atoms with Gasteiger partial charge in [-0.25, -0.2) is 13.1 Å². The maximum Gasteiger partial charge on any atom is 0.435 e. The van der Waals surface area contributed by atoms with Gasteiger partial charge in [-0.15, -0.1) is 11.6 Å². The molecule has 0 aromatic carbocycles. The molecule has 1 atom stereocenters. The third-order valence-electron chi connectivity index (χ3n) is 3.51.